The zero-order valence-corrected chi connectivity index (χ0v) is 30.9. The number of aromatic nitrogens is 4. The van der Waals surface area contributed by atoms with E-state index in [0.717, 1.165) is 33.4 Å². The molecule has 0 bridgehead atoms. The van der Waals surface area contributed by atoms with E-state index in [-0.39, 0.29) is 0 Å². The summed E-state index contributed by atoms with van der Waals surface area (Å²) in [5.41, 5.74) is 6.28. The van der Waals surface area contributed by atoms with Gasteiger partial charge in [0.2, 0.25) is 0 Å². The maximum Gasteiger partial charge on any atom is 0.166 e. The van der Waals surface area contributed by atoms with E-state index in [0.29, 0.717) is 17.5 Å². The van der Waals surface area contributed by atoms with Crippen molar-refractivity contribution in [1.29, 1.82) is 0 Å². The van der Waals surface area contributed by atoms with Gasteiger partial charge in [-0.05, 0) is 53.2 Å². The van der Waals surface area contributed by atoms with Gasteiger partial charge in [-0.2, -0.15) is 0 Å². The van der Waals surface area contributed by atoms with Gasteiger partial charge in [0.15, 0.2) is 17.5 Å². The van der Waals surface area contributed by atoms with Crippen LogP contribution in [-0.2, 0) is 0 Å². The van der Waals surface area contributed by atoms with Crippen LogP contribution in [-0.4, -0.2) is 19.5 Å². The lowest BCUT2D eigenvalue weighted by atomic mass is 10.0. The number of para-hydroxylation sites is 1. The van der Waals surface area contributed by atoms with Crippen LogP contribution >= 0.6 is 22.7 Å². The van der Waals surface area contributed by atoms with E-state index >= 15 is 0 Å². The van der Waals surface area contributed by atoms with Crippen molar-refractivity contribution >= 4 is 95.6 Å². The average molecular weight is 737 g/mol. The van der Waals surface area contributed by atoms with Gasteiger partial charge < -0.3 is 4.57 Å². The van der Waals surface area contributed by atoms with Crippen molar-refractivity contribution in [3.05, 3.63) is 170 Å². The first-order valence-electron chi connectivity index (χ1n) is 18.4. The van der Waals surface area contributed by atoms with Crippen molar-refractivity contribution in [2.45, 2.75) is 0 Å². The van der Waals surface area contributed by atoms with E-state index in [1.165, 1.54) is 61.9 Å². The Balaban J connectivity index is 1.23. The Kier molecular flexibility index (Phi) is 6.64. The number of benzene rings is 8. The number of thiophene rings is 2. The number of nitrogens with zero attached hydrogens (tertiary/aromatic N) is 4. The first-order chi connectivity index (χ1) is 27.3. The molecule has 0 aliphatic heterocycles. The molecule has 0 saturated heterocycles. The van der Waals surface area contributed by atoms with Gasteiger partial charge in [0.05, 0.1) is 21.4 Å². The van der Waals surface area contributed by atoms with E-state index in [4.69, 9.17) is 15.0 Å². The van der Waals surface area contributed by atoms with Crippen molar-refractivity contribution in [2.24, 2.45) is 0 Å². The number of hydrogen-bond acceptors (Lipinski definition) is 5. The predicted molar refractivity (Wildman–Crippen MR) is 234 cm³/mol. The van der Waals surface area contributed by atoms with Crippen molar-refractivity contribution in [3.63, 3.8) is 0 Å². The first-order valence-corrected chi connectivity index (χ1v) is 20.0. The van der Waals surface area contributed by atoms with Crippen LogP contribution in [0.2, 0.25) is 0 Å². The molecule has 0 fully saturated rings. The molecule has 8 aromatic carbocycles. The topological polar surface area (TPSA) is 43.6 Å². The molecule has 0 saturated carbocycles. The molecule has 12 aromatic rings. The van der Waals surface area contributed by atoms with Crippen LogP contribution in [0, 0.1) is 0 Å². The highest BCUT2D eigenvalue weighted by atomic mass is 32.1. The zero-order chi connectivity index (χ0) is 36.0. The van der Waals surface area contributed by atoms with E-state index < -0.39 is 0 Å². The van der Waals surface area contributed by atoms with Gasteiger partial charge in [-0.3, -0.25) is 0 Å². The number of fused-ring (bicyclic) bond motifs is 10. The lowest BCUT2D eigenvalue weighted by molar-refractivity contribution is 1.07. The van der Waals surface area contributed by atoms with Gasteiger partial charge in [-0.1, -0.05) is 127 Å². The predicted octanol–water partition coefficient (Wildman–Crippen LogP) is 13.9. The fraction of sp³-hybridized carbons (Fsp3) is 0. The monoisotopic (exact) mass is 736 g/mol. The first kappa shape index (κ1) is 30.7. The fourth-order valence-electron chi connectivity index (χ4n) is 8.37. The Morgan fingerprint density at radius 2 is 1.02 bits per heavy atom. The van der Waals surface area contributed by atoms with E-state index in [1.54, 1.807) is 11.3 Å². The van der Waals surface area contributed by atoms with Crippen LogP contribution in [0.1, 0.15) is 0 Å². The molecule has 0 atom stereocenters. The Labute approximate surface area is 323 Å². The van der Waals surface area contributed by atoms with Gasteiger partial charge >= 0.3 is 0 Å². The van der Waals surface area contributed by atoms with Gasteiger partial charge in [0.25, 0.3) is 0 Å². The van der Waals surface area contributed by atoms with E-state index in [9.17, 15) is 0 Å². The Bertz CT molecular complexity index is 3500. The molecule has 4 heterocycles. The molecule has 4 nitrogen and oxygen atoms in total. The van der Waals surface area contributed by atoms with Crippen LogP contribution in [0.4, 0.5) is 0 Å². The highest BCUT2D eigenvalue weighted by Crippen LogP contribution is 2.46. The quantitative estimate of drug-likeness (QED) is 0.181. The van der Waals surface area contributed by atoms with Crippen LogP contribution in [0.15, 0.2) is 170 Å². The molecule has 0 N–H and O–H groups in total. The minimum absolute atomic E-state index is 0.640. The SMILES string of the molecule is c1ccc(-c2nc(-c3ccc4c(sc5ccccc54)c3-n3c4ccccc4c4cc5ccccc5cc43)nc(-c3cccc4sc5ccccc5c34)n2)cc1. The van der Waals surface area contributed by atoms with Gasteiger partial charge in [0.1, 0.15) is 0 Å². The standard InChI is InChI=1S/C49H28N4S2/c1-2-13-29(14-3-1)47-50-48(36-20-12-24-43-44(36)35-19-8-11-23-42(35)54-43)52-49(51-47)37-26-25-34-33-18-7-10-22-41(33)55-46(34)45(37)53-39-21-9-6-17-32(39)38-27-30-15-4-5-16-31(30)28-40(38)53/h1-28H. The summed E-state index contributed by atoms with van der Waals surface area (Å²) in [5.74, 6) is 1.95. The summed E-state index contributed by atoms with van der Waals surface area (Å²) >= 11 is 3.64. The third-order valence-corrected chi connectivity index (χ3v) is 13.2. The Morgan fingerprint density at radius 3 is 1.85 bits per heavy atom. The molecule has 0 radical (unpaired) electrons. The minimum Gasteiger partial charge on any atom is -0.307 e. The van der Waals surface area contributed by atoms with Gasteiger partial charge in [-0.15, -0.1) is 22.7 Å². The molecule has 12 rings (SSSR count). The molecule has 0 spiro atoms. The minimum atomic E-state index is 0.640. The van der Waals surface area contributed by atoms with Crippen LogP contribution in [0.25, 0.3) is 113 Å². The van der Waals surface area contributed by atoms with Crippen molar-refractivity contribution in [2.75, 3.05) is 0 Å². The summed E-state index contributed by atoms with van der Waals surface area (Å²) in [4.78, 5) is 16.0. The smallest absolute Gasteiger partial charge is 0.166 e. The lowest BCUT2D eigenvalue weighted by Crippen LogP contribution is -2.04. The molecule has 0 amide bonds. The molecular formula is C49H28N4S2. The highest BCUT2D eigenvalue weighted by molar-refractivity contribution is 7.26. The Hall–Kier alpha value is -6.73. The van der Waals surface area contributed by atoms with Crippen molar-refractivity contribution < 1.29 is 0 Å². The second-order valence-corrected chi connectivity index (χ2v) is 16.1. The van der Waals surface area contributed by atoms with Crippen molar-refractivity contribution in [3.8, 4) is 39.9 Å². The van der Waals surface area contributed by atoms with Crippen LogP contribution < -0.4 is 0 Å². The average Bonchev–Trinajstić information content (AvgIpc) is 3.92. The summed E-state index contributed by atoms with van der Waals surface area (Å²) in [7, 11) is 0. The maximum atomic E-state index is 5.45. The second-order valence-electron chi connectivity index (χ2n) is 14.0. The zero-order valence-electron chi connectivity index (χ0n) is 29.3. The normalized spacial score (nSPS) is 12.0. The molecule has 256 valence electrons. The summed E-state index contributed by atoms with van der Waals surface area (Å²) in [6, 6.07) is 60.7. The highest BCUT2D eigenvalue weighted by Gasteiger charge is 2.24. The summed E-state index contributed by atoms with van der Waals surface area (Å²) in [6.45, 7) is 0. The third-order valence-electron chi connectivity index (χ3n) is 10.8. The molecular weight excluding hydrogens is 709 g/mol. The van der Waals surface area contributed by atoms with Crippen LogP contribution in [0.3, 0.4) is 0 Å². The number of hydrogen-bond donors (Lipinski definition) is 0. The van der Waals surface area contributed by atoms with Crippen molar-refractivity contribution in [1.82, 2.24) is 19.5 Å². The van der Waals surface area contributed by atoms with Gasteiger partial charge in [0, 0.05) is 63.1 Å². The second kappa shape index (κ2) is 11.9. The molecule has 0 aliphatic carbocycles. The lowest BCUT2D eigenvalue weighted by Gasteiger charge is -2.16. The molecule has 55 heavy (non-hydrogen) atoms. The molecule has 6 heteroatoms. The third kappa shape index (κ3) is 4.65. The largest absolute Gasteiger partial charge is 0.307 e. The summed E-state index contributed by atoms with van der Waals surface area (Å²) in [6.07, 6.45) is 0. The summed E-state index contributed by atoms with van der Waals surface area (Å²) < 4.78 is 7.37. The van der Waals surface area contributed by atoms with Crippen LogP contribution in [0.5, 0.6) is 0 Å². The van der Waals surface area contributed by atoms with E-state index in [2.05, 4.69) is 156 Å². The molecule has 0 aliphatic rings. The fourth-order valence-corrected chi connectivity index (χ4v) is 10.7. The van der Waals surface area contributed by atoms with E-state index in [1.807, 2.05) is 29.5 Å². The van der Waals surface area contributed by atoms with Gasteiger partial charge in [-0.25, -0.2) is 15.0 Å². The maximum absolute atomic E-state index is 5.45. The Morgan fingerprint density at radius 1 is 0.382 bits per heavy atom. The molecule has 0 unspecified atom stereocenters. The number of rotatable bonds is 4. The molecule has 4 aromatic heterocycles. The summed E-state index contributed by atoms with van der Waals surface area (Å²) in [5, 5.41) is 9.72.